The number of nitrogens with zero attached hydrogens (tertiary/aromatic N) is 1. The molecule has 0 atom stereocenters. The fourth-order valence-corrected chi connectivity index (χ4v) is 1.34. The lowest BCUT2D eigenvalue weighted by Crippen LogP contribution is -1.98. The molecule has 62 valence electrons. The Morgan fingerprint density at radius 2 is 2.55 bits per heavy atom. The summed E-state index contributed by atoms with van der Waals surface area (Å²) < 4.78 is 5.13. The van der Waals surface area contributed by atoms with E-state index in [2.05, 4.69) is 4.98 Å². The van der Waals surface area contributed by atoms with Crippen molar-refractivity contribution in [2.75, 3.05) is 13.2 Å². The van der Waals surface area contributed by atoms with Gasteiger partial charge in [-0.25, -0.2) is 0 Å². The molecule has 0 saturated carbocycles. The zero-order valence-electron chi connectivity index (χ0n) is 5.79. The van der Waals surface area contributed by atoms with Crippen LogP contribution in [0.1, 0.15) is 6.42 Å². The topological polar surface area (TPSA) is 42.4 Å². The van der Waals surface area contributed by atoms with Crippen molar-refractivity contribution in [3.63, 3.8) is 0 Å². The molecule has 0 spiro atoms. The molecule has 1 heterocycles. The van der Waals surface area contributed by atoms with E-state index in [1.165, 1.54) is 11.3 Å². The fourth-order valence-electron chi connectivity index (χ4n) is 0.529. The van der Waals surface area contributed by atoms with E-state index in [9.17, 15) is 0 Å². The average Bonchev–Trinajstić information content (AvgIpc) is 2.37. The molecule has 0 bridgehead atoms. The molecule has 0 aliphatic rings. The number of thiazole rings is 1. The molecule has 0 saturated heterocycles. The number of halogens is 1. The van der Waals surface area contributed by atoms with Gasteiger partial charge in [0.25, 0.3) is 5.19 Å². The van der Waals surface area contributed by atoms with Crippen LogP contribution >= 0.6 is 22.9 Å². The van der Waals surface area contributed by atoms with Crippen LogP contribution in [0.5, 0.6) is 5.19 Å². The molecule has 0 amide bonds. The van der Waals surface area contributed by atoms with Crippen LogP contribution < -0.4 is 4.74 Å². The van der Waals surface area contributed by atoms with Crippen LogP contribution in [-0.4, -0.2) is 23.3 Å². The van der Waals surface area contributed by atoms with Crippen LogP contribution in [0.25, 0.3) is 0 Å². The van der Waals surface area contributed by atoms with Gasteiger partial charge in [0.1, 0.15) is 5.15 Å². The zero-order valence-corrected chi connectivity index (χ0v) is 7.36. The number of aliphatic hydroxyl groups excluding tert-OH is 1. The minimum absolute atomic E-state index is 0.138. The fraction of sp³-hybridized carbons (Fsp3) is 0.500. The van der Waals surface area contributed by atoms with Crippen molar-refractivity contribution in [1.29, 1.82) is 0 Å². The van der Waals surface area contributed by atoms with Gasteiger partial charge in [-0.1, -0.05) is 22.9 Å². The number of hydrogen-bond acceptors (Lipinski definition) is 4. The molecule has 0 fully saturated rings. The van der Waals surface area contributed by atoms with Gasteiger partial charge in [-0.2, -0.15) is 4.98 Å². The Bertz CT molecular complexity index is 216. The van der Waals surface area contributed by atoms with E-state index >= 15 is 0 Å². The molecular formula is C6H8ClNO2S. The summed E-state index contributed by atoms with van der Waals surface area (Å²) in [7, 11) is 0. The first-order valence-corrected chi connectivity index (χ1v) is 4.43. The standard InChI is InChI=1S/C6H8ClNO2S/c7-5-4-11-6(8-5)10-3-1-2-9/h4,9H,1-3H2. The van der Waals surface area contributed by atoms with Crippen molar-refractivity contribution < 1.29 is 9.84 Å². The van der Waals surface area contributed by atoms with Crippen LogP contribution in [0.2, 0.25) is 5.15 Å². The maximum Gasteiger partial charge on any atom is 0.274 e. The first-order chi connectivity index (χ1) is 5.33. The highest BCUT2D eigenvalue weighted by Gasteiger charge is 1.98. The van der Waals surface area contributed by atoms with Crippen LogP contribution in [0.4, 0.5) is 0 Å². The van der Waals surface area contributed by atoms with E-state index in [-0.39, 0.29) is 6.61 Å². The Kier molecular flexibility index (Phi) is 3.62. The van der Waals surface area contributed by atoms with Crippen LogP contribution in [0.15, 0.2) is 5.38 Å². The third-order valence-electron chi connectivity index (χ3n) is 0.983. The summed E-state index contributed by atoms with van der Waals surface area (Å²) in [6.45, 7) is 0.624. The molecule has 0 aliphatic carbocycles. The minimum Gasteiger partial charge on any atom is -0.470 e. The molecule has 11 heavy (non-hydrogen) atoms. The lowest BCUT2D eigenvalue weighted by atomic mass is 10.5. The molecule has 0 aliphatic heterocycles. The second-order valence-corrected chi connectivity index (χ2v) is 3.07. The minimum atomic E-state index is 0.138. The maximum absolute atomic E-state index is 8.43. The summed E-state index contributed by atoms with van der Waals surface area (Å²) in [6.07, 6.45) is 0.622. The lowest BCUT2D eigenvalue weighted by molar-refractivity contribution is 0.233. The number of aromatic nitrogens is 1. The first-order valence-electron chi connectivity index (χ1n) is 3.17. The maximum atomic E-state index is 8.43. The highest BCUT2D eigenvalue weighted by Crippen LogP contribution is 2.20. The van der Waals surface area contributed by atoms with Gasteiger partial charge in [-0.3, -0.25) is 0 Å². The summed E-state index contributed by atoms with van der Waals surface area (Å²) in [4.78, 5) is 3.86. The van der Waals surface area contributed by atoms with Crippen molar-refractivity contribution in [1.82, 2.24) is 4.98 Å². The van der Waals surface area contributed by atoms with Crippen molar-refractivity contribution in [2.45, 2.75) is 6.42 Å². The Balaban J connectivity index is 2.27. The van der Waals surface area contributed by atoms with E-state index in [0.29, 0.717) is 23.4 Å². The molecule has 0 unspecified atom stereocenters. The summed E-state index contributed by atoms with van der Waals surface area (Å²) in [6, 6.07) is 0. The Hall–Kier alpha value is -0.320. The largest absolute Gasteiger partial charge is 0.470 e. The van der Waals surface area contributed by atoms with Crippen molar-refractivity contribution in [2.24, 2.45) is 0 Å². The molecule has 3 nitrogen and oxygen atoms in total. The molecule has 0 aromatic carbocycles. The van der Waals surface area contributed by atoms with Crippen LogP contribution in [-0.2, 0) is 0 Å². The quantitative estimate of drug-likeness (QED) is 0.738. The first kappa shape index (κ1) is 8.77. The Labute approximate surface area is 73.6 Å². The Morgan fingerprint density at radius 3 is 3.09 bits per heavy atom. The third-order valence-corrected chi connectivity index (χ3v) is 2.06. The molecule has 1 aromatic heterocycles. The van der Waals surface area contributed by atoms with E-state index in [1.54, 1.807) is 5.38 Å². The second-order valence-electron chi connectivity index (χ2n) is 1.86. The number of hydrogen-bond donors (Lipinski definition) is 1. The molecular weight excluding hydrogens is 186 g/mol. The van der Waals surface area contributed by atoms with Gasteiger partial charge in [-0.05, 0) is 0 Å². The van der Waals surface area contributed by atoms with E-state index in [4.69, 9.17) is 21.4 Å². The van der Waals surface area contributed by atoms with Gasteiger partial charge in [-0.15, -0.1) is 0 Å². The van der Waals surface area contributed by atoms with E-state index in [1.807, 2.05) is 0 Å². The summed E-state index contributed by atoms with van der Waals surface area (Å²) in [5, 5.41) is 11.1. The normalized spacial score (nSPS) is 10.0. The number of rotatable bonds is 4. The van der Waals surface area contributed by atoms with Gasteiger partial charge in [0.2, 0.25) is 0 Å². The van der Waals surface area contributed by atoms with E-state index < -0.39 is 0 Å². The number of aliphatic hydroxyl groups is 1. The molecule has 0 radical (unpaired) electrons. The molecule has 1 rings (SSSR count). The predicted molar refractivity (Wildman–Crippen MR) is 44.3 cm³/mol. The Morgan fingerprint density at radius 1 is 1.73 bits per heavy atom. The SMILES string of the molecule is OCCCOc1nc(Cl)cs1. The van der Waals surface area contributed by atoms with Gasteiger partial charge < -0.3 is 9.84 Å². The summed E-state index contributed by atoms with van der Waals surface area (Å²) in [5.41, 5.74) is 0. The highest BCUT2D eigenvalue weighted by atomic mass is 35.5. The average molecular weight is 194 g/mol. The van der Waals surface area contributed by atoms with Gasteiger partial charge in [0.05, 0.1) is 6.61 Å². The van der Waals surface area contributed by atoms with Crippen molar-refractivity contribution >= 4 is 22.9 Å². The second kappa shape index (κ2) is 4.54. The molecule has 1 aromatic rings. The third kappa shape index (κ3) is 3.05. The zero-order chi connectivity index (χ0) is 8.10. The van der Waals surface area contributed by atoms with Crippen molar-refractivity contribution in [3.05, 3.63) is 10.5 Å². The van der Waals surface area contributed by atoms with Gasteiger partial charge >= 0.3 is 0 Å². The highest BCUT2D eigenvalue weighted by molar-refractivity contribution is 7.11. The lowest BCUT2D eigenvalue weighted by Gasteiger charge is -1.97. The molecule has 5 heteroatoms. The van der Waals surface area contributed by atoms with Gasteiger partial charge in [0, 0.05) is 18.4 Å². The monoisotopic (exact) mass is 193 g/mol. The predicted octanol–water partition coefficient (Wildman–Crippen LogP) is 1.56. The smallest absolute Gasteiger partial charge is 0.274 e. The van der Waals surface area contributed by atoms with Crippen LogP contribution in [0, 0.1) is 0 Å². The summed E-state index contributed by atoms with van der Waals surface area (Å²) >= 11 is 6.90. The van der Waals surface area contributed by atoms with Gasteiger partial charge in [0.15, 0.2) is 0 Å². The van der Waals surface area contributed by atoms with Crippen molar-refractivity contribution in [3.8, 4) is 5.19 Å². The van der Waals surface area contributed by atoms with E-state index in [0.717, 1.165) is 0 Å². The van der Waals surface area contributed by atoms with Crippen LogP contribution in [0.3, 0.4) is 0 Å². The summed E-state index contributed by atoms with van der Waals surface area (Å²) in [5.74, 6) is 0. The molecule has 1 N–H and O–H groups in total. The number of ether oxygens (including phenoxy) is 1.